The molecule has 0 aromatic carbocycles. The highest BCUT2D eigenvalue weighted by Crippen LogP contribution is 2.38. The first-order valence-corrected chi connectivity index (χ1v) is 6.35. The summed E-state index contributed by atoms with van der Waals surface area (Å²) < 4.78 is 1.05. The quantitative estimate of drug-likeness (QED) is 0.785. The predicted octanol–water partition coefficient (Wildman–Crippen LogP) is 3.22. The van der Waals surface area contributed by atoms with Crippen LogP contribution in [0, 0.1) is 0 Å². The lowest BCUT2D eigenvalue weighted by molar-refractivity contribution is 0.304. The molecule has 0 spiro atoms. The number of thiazole rings is 1. The van der Waals surface area contributed by atoms with Gasteiger partial charge in [0.2, 0.25) is 0 Å². The van der Waals surface area contributed by atoms with E-state index < -0.39 is 0 Å². The Morgan fingerprint density at radius 1 is 1.43 bits per heavy atom. The van der Waals surface area contributed by atoms with Crippen molar-refractivity contribution in [3.05, 3.63) is 14.5 Å². The molecular weight excluding hydrogens is 328 g/mol. The average molecular weight is 340 g/mol. The zero-order chi connectivity index (χ0) is 8.84. The maximum atomic E-state index is 4.53. The zero-order valence-electron chi connectivity index (χ0n) is 7.62. The van der Waals surface area contributed by atoms with Crippen LogP contribution in [0.1, 0.15) is 35.9 Å². The van der Waals surface area contributed by atoms with Crippen LogP contribution < -0.4 is 5.32 Å². The predicted molar refractivity (Wildman–Crippen MR) is 67.4 cm³/mol. The standard InChI is InChI=1S/C9H11BrN2S.BrH/c10-9-12-7-4-5-2-1-3-6(11-5)8(7)13-9;/h5-6,11H,1-4H2;1H. The molecule has 0 saturated carbocycles. The van der Waals surface area contributed by atoms with E-state index in [4.69, 9.17) is 0 Å². The van der Waals surface area contributed by atoms with E-state index in [2.05, 4.69) is 26.2 Å². The van der Waals surface area contributed by atoms with Gasteiger partial charge in [-0.1, -0.05) is 0 Å². The van der Waals surface area contributed by atoms with Crippen molar-refractivity contribution in [3.8, 4) is 0 Å². The summed E-state index contributed by atoms with van der Waals surface area (Å²) in [5.41, 5.74) is 1.34. The van der Waals surface area contributed by atoms with E-state index in [1.807, 2.05) is 0 Å². The Balaban J connectivity index is 0.000000750. The van der Waals surface area contributed by atoms with Gasteiger partial charge in [0.25, 0.3) is 0 Å². The first-order chi connectivity index (χ1) is 6.33. The van der Waals surface area contributed by atoms with E-state index in [-0.39, 0.29) is 17.0 Å². The summed E-state index contributed by atoms with van der Waals surface area (Å²) in [6.45, 7) is 0. The maximum Gasteiger partial charge on any atom is 0.159 e. The molecule has 1 saturated heterocycles. The van der Waals surface area contributed by atoms with Crippen LogP contribution >= 0.6 is 44.2 Å². The number of hydrogen-bond donors (Lipinski definition) is 1. The largest absolute Gasteiger partial charge is 0.306 e. The molecule has 1 fully saturated rings. The molecule has 0 aliphatic carbocycles. The van der Waals surface area contributed by atoms with Crippen LogP contribution in [0.5, 0.6) is 0 Å². The van der Waals surface area contributed by atoms with E-state index in [0.717, 1.165) is 10.3 Å². The lowest BCUT2D eigenvalue weighted by Gasteiger charge is -2.34. The summed E-state index contributed by atoms with van der Waals surface area (Å²) in [5.74, 6) is 0. The van der Waals surface area contributed by atoms with E-state index in [0.29, 0.717) is 12.1 Å². The number of piperidine rings is 1. The molecule has 0 radical (unpaired) electrons. The molecule has 2 aliphatic heterocycles. The van der Waals surface area contributed by atoms with Crippen molar-refractivity contribution in [2.24, 2.45) is 0 Å². The van der Waals surface area contributed by atoms with Crippen molar-refractivity contribution >= 4 is 44.2 Å². The van der Waals surface area contributed by atoms with E-state index in [9.17, 15) is 0 Å². The Hall–Kier alpha value is 0.550. The Bertz CT molecular complexity index is 340. The van der Waals surface area contributed by atoms with Gasteiger partial charge in [-0.2, -0.15) is 0 Å². The van der Waals surface area contributed by atoms with Gasteiger partial charge in [-0.25, -0.2) is 4.98 Å². The number of halogens is 2. The van der Waals surface area contributed by atoms with Crippen molar-refractivity contribution in [2.45, 2.75) is 37.8 Å². The van der Waals surface area contributed by atoms with Gasteiger partial charge in [-0.3, -0.25) is 0 Å². The van der Waals surface area contributed by atoms with Crippen LogP contribution in [-0.2, 0) is 6.42 Å². The maximum absolute atomic E-state index is 4.53. The van der Waals surface area contributed by atoms with E-state index in [1.165, 1.54) is 29.8 Å². The summed E-state index contributed by atoms with van der Waals surface area (Å²) in [4.78, 5) is 6.00. The minimum Gasteiger partial charge on any atom is -0.306 e. The molecule has 1 aromatic rings. The number of aromatic nitrogens is 1. The SMILES string of the molecule is Br.Brc1nc2c(s1)C1CCCC(C2)N1. The number of nitrogens with zero attached hydrogens (tertiary/aromatic N) is 1. The fourth-order valence-electron chi connectivity index (χ4n) is 2.37. The smallest absolute Gasteiger partial charge is 0.159 e. The highest BCUT2D eigenvalue weighted by Gasteiger charge is 2.32. The molecule has 2 aliphatic rings. The van der Waals surface area contributed by atoms with Gasteiger partial charge < -0.3 is 5.32 Å². The molecule has 2 atom stereocenters. The number of hydrogen-bond acceptors (Lipinski definition) is 3. The molecule has 1 N–H and O–H groups in total. The third kappa shape index (κ3) is 1.79. The van der Waals surface area contributed by atoms with Crippen LogP contribution in [0.4, 0.5) is 0 Å². The number of rotatable bonds is 0. The van der Waals surface area contributed by atoms with Crippen molar-refractivity contribution in [2.75, 3.05) is 0 Å². The van der Waals surface area contributed by atoms with Gasteiger partial charge in [0.15, 0.2) is 3.92 Å². The Kier molecular flexibility index (Phi) is 3.31. The molecular formula is C9H12Br2N2S. The third-order valence-electron chi connectivity index (χ3n) is 2.94. The second kappa shape index (κ2) is 4.20. The molecule has 2 unspecified atom stereocenters. The number of nitrogens with one attached hydrogen (secondary N) is 1. The van der Waals surface area contributed by atoms with E-state index in [1.54, 1.807) is 11.3 Å². The molecule has 2 nitrogen and oxygen atoms in total. The Morgan fingerprint density at radius 2 is 2.29 bits per heavy atom. The van der Waals surface area contributed by atoms with Crippen LogP contribution in [0.15, 0.2) is 3.92 Å². The fraction of sp³-hybridized carbons (Fsp3) is 0.667. The summed E-state index contributed by atoms with van der Waals surface area (Å²) in [5, 5.41) is 3.67. The molecule has 14 heavy (non-hydrogen) atoms. The van der Waals surface area contributed by atoms with E-state index >= 15 is 0 Å². The lowest BCUT2D eigenvalue weighted by atomic mass is 9.89. The zero-order valence-corrected chi connectivity index (χ0v) is 11.7. The minimum atomic E-state index is 0. The van der Waals surface area contributed by atoms with Crippen LogP contribution in [0.2, 0.25) is 0 Å². The minimum absolute atomic E-state index is 0. The first-order valence-electron chi connectivity index (χ1n) is 4.74. The van der Waals surface area contributed by atoms with Crippen LogP contribution in [0.3, 0.4) is 0 Å². The highest BCUT2D eigenvalue weighted by molar-refractivity contribution is 9.11. The second-order valence-electron chi connectivity index (χ2n) is 3.83. The Morgan fingerprint density at radius 3 is 3.14 bits per heavy atom. The average Bonchev–Trinajstić information content (AvgIpc) is 2.47. The number of fused-ring (bicyclic) bond motifs is 4. The fourth-order valence-corrected chi connectivity index (χ4v) is 4.02. The molecule has 1 aromatic heterocycles. The summed E-state index contributed by atoms with van der Waals surface area (Å²) in [6, 6.07) is 1.30. The highest BCUT2D eigenvalue weighted by atomic mass is 79.9. The molecule has 5 heteroatoms. The lowest BCUT2D eigenvalue weighted by Crippen LogP contribution is -2.42. The van der Waals surface area contributed by atoms with Crippen molar-refractivity contribution in [1.82, 2.24) is 10.3 Å². The van der Waals surface area contributed by atoms with Crippen LogP contribution in [0.25, 0.3) is 0 Å². The molecule has 3 heterocycles. The second-order valence-corrected chi connectivity index (χ2v) is 6.14. The summed E-state index contributed by atoms with van der Waals surface area (Å²) >= 11 is 5.27. The van der Waals surface area contributed by atoms with Gasteiger partial charge >= 0.3 is 0 Å². The third-order valence-corrected chi connectivity index (χ3v) is 4.60. The first kappa shape index (κ1) is 11.0. The summed E-state index contributed by atoms with van der Waals surface area (Å²) in [6.07, 6.45) is 5.12. The van der Waals surface area contributed by atoms with Gasteiger partial charge in [0, 0.05) is 23.4 Å². The topological polar surface area (TPSA) is 24.9 Å². The summed E-state index contributed by atoms with van der Waals surface area (Å²) in [7, 11) is 0. The van der Waals surface area contributed by atoms with Crippen molar-refractivity contribution < 1.29 is 0 Å². The molecule has 0 amide bonds. The monoisotopic (exact) mass is 338 g/mol. The molecule has 3 rings (SSSR count). The molecule has 78 valence electrons. The van der Waals surface area contributed by atoms with Gasteiger partial charge in [0.1, 0.15) is 0 Å². The van der Waals surface area contributed by atoms with Crippen LogP contribution in [-0.4, -0.2) is 11.0 Å². The Labute approximate surface area is 106 Å². The normalized spacial score (nSPS) is 29.2. The van der Waals surface area contributed by atoms with Crippen molar-refractivity contribution in [3.63, 3.8) is 0 Å². The van der Waals surface area contributed by atoms with Gasteiger partial charge in [0.05, 0.1) is 5.69 Å². The van der Waals surface area contributed by atoms with Gasteiger partial charge in [-0.15, -0.1) is 28.3 Å². The van der Waals surface area contributed by atoms with Crippen molar-refractivity contribution in [1.29, 1.82) is 0 Å². The van der Waals surface area contributed by atoms with Gasteiger partial charge in [-0.05, 0) is 35.2 Å². The molecule has 2 bridgehead atoms.